The Kier molecular flexibility index (Phi) is 2.70. The fraction of sp³-hybridized carbons (Fsp3) is 0.364. The Balaban J connectivity index is 2.49. The molecule has 0 spiro atoms. The minimum atomic E-state index is -0.343. The fourth-order valence-electron chi connectivity index (χ4n) is 1.79. The van der Waals surface area contributed by atoms with E-state index < -0.39 is 0 Å². The Morgan fingerprint density at radius 2 is 2.40 bits per heavy atom. The van der Waals surface area contributed by atoms with Gasteiger partial charge in [-0.25, -0.2) is 4.79 Å². The van der Waals surface area contributed by atoms with Gasteiger partial charge >= 0.3 is 5.97 Å². The number of hydrogen-bond acceptors (Lipinski definition) is 4. The summed E-state index contributed by atoms with van der Waals surface area (Å²) in [6, 6.07) is 5.32. The molecule has 0 amide bonds. The summed E-state index contributed by atoms with van der Waals surface area (Å²) < 4.78 is 10.0. The summed E-state index contributed by atoms with van der Waals surface area (Å²) in [5.41, 5.74) is 8.25. The quantitative estimate of drug-likeness (QED) is 0.698. The van der Waals surface area contributed by atoms with Gasteiger partial charge in [-0.05, 0) is 17.2 Å². The zero-order valence-electron chi connectivity index (χ0n) is 8.53. The molecule has 4 nitrogen and oxygen atoms in total. The molecule has 1 aromatic carbocycles. The third kappa shape index (κ3) is 1.73. The molecule has 80 valence electrons. The average molecular weight is 207 g/mol. The second kappa shape index (κ2) is 4.00. The van der Waals surface area contributed by atoms with E-state index >= 15 is 0 Å². The summed E-state index contributed by atoms with van der Waals surface area (Å²) >= 11 is 0. The average Bonchev–Trinajstić information content (AvgIpc) is 2.28. The number of nitrogens with two attached hydrogens (primary N) is 1. The number of hydrogen-bond donors (Lipinski definition) is 1. The number of methoxy groups -OCH3 is 1. The highest BCUT2D eigenvalue weighted by Crippen LogP contribution is 2.26. The van der Waals surface area contributed by atoms with Crippen LogP contribution < -0.4 is 5.73 Å². The van der Waals surface area contributed by atoms with Gasteiger partial charge in [-0.15, -0.1) is 0 Å². The summed E-state index contributed by atoms with van der Waals surface area (Å²) in [6.07, 6.45) is 0. The third-order valence-corrected chi connectivity index (χ3v) is 2.56. The topological polar surface area (TPSA) is 61.5 Å². The van der Waals surface area contributed by atoms with Crippen molar-refractivity contribution in [1.29, 1.82) is 0 Å². The first-order valence-electron chi connectivity index (χ1n) is 4.77. The first-order chi connectivity index (χ1) is 7.24. The molecule has 1 aliphatic heterocycles. The van der Waals surface area contributed by atoms with E-state index in [9.17, 15) is 4.79 Å². The lowest BCUT2D eigenvalue weighted by molar-refractivity contribution is 0.0581. The summed E-state index contributed by atoms with van der Waals surface area (Å²) in [4.78, 5) is 11.5. The molecule has 0 aliphatic carbocycles. The maximum absolute atomic E-state index is 11.5. The molecule has 0 fully saturated rings. The van der Waals surface area contributed by atoms with E-state index in [1.165, 1.54) is 7.11 Å². The number of ether oxygens (including phenoxy) is 2. The van der Waals surface area contributed by atoms with E-state index in [1.807, 2.05) is 12.1 Å². The van der Waals surface area contributed by atoms with Gasteiger partial charge in [-0.2, -0.15) is 0 Å². The molecule has 1 heterocycles. The fourth-order valence-corrected chi connectivity index (χ4v) is 1.79. The summed E-state index contributed by atoms with van der Waals surface area (Å²) in [5.74, 6) is -0.343. The molecule has 2 N–H and O–H groups in total. The van der Waals surface area contributed by atoms with Crippen LogP contribution in [0.1, 0.15) is 27.5 Å². The highest BCUT2D eigenvalue weighted by atomic mass is 16.5. The predicted octanol–water partition coefficient (Wildman–Crippen LogP) is 1.00. The lowest BCUT2D eigenvalue weighted by atomic mass is 9.95. The van der Waals surface area contributed by atoms with Crippen molar-refractivity contribution in [3.05, 3.63) is 34.9 Å². The minimum Gasteiger partial charge on any atom is -0.465 e. The smallest absolute Gasteiger partial charge is 0.338 e. The van der Waals surface area contributed by atoms with E-state index in [0.29, 0.717) is 18.8 Å². The van der Waals surface area contributed by atoms with Crippen molar-refractivity contribution in [2.75, 3.05) is 13.7 Å². The molecule has 0 unspecified atom stereocenters. The van der Waals surface area contributed by atoms with Gasteiger partial charge in [-0.1, -0.05) is 12.1 Å². The predicted molar refractivity (Wildman–Crippen MR) is 54.4 cm³/mol. The number of esters is 1. The molecule has 0 aromatic heterocycles. The second-order valence-corrected chi connectivity index (χ2v) is 3.49. The van der Waals surface area contributed by atoms with Crippen LogP contribution in [0.15, 0.2) is 18.2 Å². The third-order valence-electron chi connectivity index (χ3n) is 2.56. The van der Waals surface area contributed by atoms with Crippen LogP contribution in [-0.4, -0.2) is 19.7 Å². The van der Waals surface area contributed by atoms with Crippen molar-refractivity contribution >= 4 is 5.97 Å². The Labute approximate surface area is 88.0 Å². The van der Waals surface area contributed by atoms with Crippen LogP contribution in [0.25, 0.3) is 0 Å². The summed E-state index contributed by atoms with van der Waals surface area (Å²) in [5, 5.41) is 0. The van der Waals surface area contributed by atoms with Crippen LogP contribution in [0, 0.1) is 0 Å². The van der Waals surface area contributed by atoms with Crippen LogP contribution in [0.3, 0.4) is 0 Å². The van der Waals surface area contributed by atoms with Crippen LogP contribution in [0.2, 0.25) is 0 Å². The van der Waals surface area contributed by atoms with Gasteiger partial charge < -0.3 is 15.2 Å². The van der Waals surface area contributed by atoms with E-state index in [1.54, 1.807) is 6.07 Å². The SMILES string of the molecule is COC(=O)c1cccc2c1COC[C@H]2N. The molecule has 1 aliphatic rings. The monoisotopic (exact) mass is 207 g/mol. The molecule has 0 saturated heterocycles. The van der Waals surface area contributed by atoms with E-state index in [-0.39, 0.29) is 12.0 Å². The van der Waals surface area contributed by atoms with Gasteiger partial charge in [-0.3, -0.25) is 0 Å². The van der Waals surface area contributed by atoms with Gasteiger partial charge in [0.25, 0.3) is 0 Å². The molecule has 1 aromatic rings. The van der Waals surface area contributed by atoms with E-state index in [0.717, 1.165) is 11.1 Å². The number of carbonyl (C=O) groups excluding carboxylic acids is 1. The van der Waals surface area contributed by atoms with Crippen LogP contribution >= 0.6 is 0 Å². The maximum Gasteiger partial charge on any atom is 0.338 e. The molecule has 0 radical (unpaired) electrons. The molecule has 2 rings (SSSR count). The van der Waals surface area contributed by atoms with Gasteiger partial charge in [0, 0.05) is 0 Å². The normalized spacial score (nSPS) is 19.5. The van der Waals surface area contributed by atoms with Crippen LogP contribution in [0.4, 0.5) is 0 Å². The first kappa shape index (κ1) is 10.1. The number of fused-ring (bicyclic) bond motifs is 1. The Hall–Kier alpha value is -1.39. The van der Waals surface area contributed by atoms with Crippen molar-refractivity contribution in [3.8, 4) is 0 Å². The number of benzene rings is 1. The summed E-state index contributed by atoms with van der Waals surface area (Å²) in [7, 11) is 1.37. The van der Waals surface area contributed by atoms with Crippen molar-refractivity contribution < 1.29 is 14.3 Å². The van der Waals surface area contributed by atoms with Gasteiger partial charge in [0.05, 0.1) is 31.9 Å². The lowest BCUT2D eigenvalue weighted by Crippen LogP contribution is -2.25. The lowest BCUT2D eigenvalue weighted by Gasteiger charge is -2.24. The number of rotatable bonds is 1. The molecule has 0 bridgehead atoms. The van der Waals surface area contributed by atoms with Gasteiger partial charge in [0.15, 0.2) is 0 Å². The molecule has 1 atom stereocenters. The van der Waals surface area contributed by atoms with E-state index in [4.69, 9.17) is 15.2 Å². The van der Waals surface area contributed by atoms with Crippen molar-refractivity contribution in [3.63, 3.8) is 0 Å². The zero-order chi connectivity index (χ0) is 10.8. The van der Waals surface area contributed by atoms with Gasteiger partial charge in [0.2, 0.25) is 0 Å². The molecular weight excluding hydrogens is 194 g/mol. The second-order valence-electron chi connectivity index (χ2n) is 3.49. The van der Waals surface area contributed by atoms with Crippen LogP contribution in [-0.2, 0) is 16.1 Å². The highest BCUT2D eigenvalue weighted by molar-refractivity contribution is 5.91. The molecule has 4 heteroatoms. The van der Waals surface area contributed by atoms with Crippen molar-refractivity contribution in [2.24, 2.45) is 5.73 Å². The van der Waals surface area contributed by atoms with Gasteiger partial charge in [0.1, 0.15) is 0 Å². The van der Waals surface area contributed by atoms with Crippen LogP contribution in [0.5, 0.6) is 0 Å². The highest BCUT2D eigenvalue weighted by Gasteiger charge is 2.22. The Bertz CT molecular complexity index is 389. The molecular formula is C11H13NO3. The Morgan fingerprint density at radius 1 is 1.60 bits per heavy atom. The maximum atomic E-state index is 11.5. The zero-order valence-corrected chi connectivity index (χ0v) is 8.53. The number of carbonyl (C=O) groups is 1. The summed E-state index contributed by atoms with van der Waals surface area (Å²) in [6.45, 7) is 0.923. The van der Waals surface area contributed by atoms with E-state index in [2.05, 4.69) is 0 Å². The standard InChI is InChI=1S/C11H13NO3/c1-14-11(13)8-4-2-3-7-9(8)5-15-6-10(7)12/h2-4,10H,5-6,12H2,1H3/t10-/m1/s1. The molecule has 15 heavy (non-hydrogen) atoms. The minimum absolute atomic E-state index is 0.154. The van der Waals surface area contributed by atoms with Crippen molar-refractivity contribution in [1.82, 2.24) is 0 Å². The van der Waals surface area contributed by atoms with Crippen molar-refractivity contribution in [2.45, 2.75) is 12.6 Å². The molecule has 0 saturated carbocycles. The Morgan fingerprint density at radius 3 is 3.13 bits per heavy atom. The first-order valence-corrected chi connectivity index (χ1v) is 4.77. The largest absolute Gasteiger partial charge is 0.465 e.